The number of hydrogen-bond donors (Lipinski definition) is 12. The molecule has 0 unspecified atom stereocenters. The van der Waals surface area contributed by atoms with Crippen LogP contribution in [0.3, 0.4) is 0 Å². The summed E-state index contributed by atoms with van der Waals surface area (Å²) in [5.41, 5.74) is -0.521. The Morgan fingerprint density at radius 1 is 0.603 bits per heavy atom. The van der Waals surface area contributed by atoms with Gasteiger partial charge in [-0.25, -0.2) is 0 Å². The molecule has 0 atom stereocenters. The number of rotatable bonds is 23. The summed E-state index contributed by atoms with van der Waals surface area (Å²) in [6.45, 7) is 37.7. The van der Waals surface area contributed by atoms with E-state index in [1.807, 2.05) is 20.8 Å². The van der Waals surface area contributed by atoms with Crippen LogP contribution in [0.1, 0.15) is 33.6 Å². The van der Waals surface area contributed by atoms with Crippen LogP contribution >= 0.6 is 0 Å². The summed E-state index contributed by atoms with van der Waals surface area (Å²) in [6.07, 6.45) is 10.9. The normalized spacial score (nSPS) is 10.4. The van der Waals surface area contributed by atoms with Gasteiger partial charge in [-0.05, 0) is 82.2 Å². The summed E-state index contributed by atoms with van der Waals surface area (Å²) in [5, 5.41) is 65.1. The number of ether oxygens (including phenoxy) is 2. The molecule has 0 radical (unpaired) electrons. The van der Waals surface area contributed by atoms with Crippen LogP contribution in [-0.4, -0.2) is 206 Å². The average molecular weight is 1040 g/mol. The highest BCUT2D eigenvalue weighted by Crippen LogP contribution is 2.13. The average Bonchev–Trinajstić information content (AvgIpc) is 3.39. The second-order valence-corrected chi connectivity index (χ2v) is 14.6. The van der Waals surface area contributed by atoms with Gasteiger partial charge >= 0.3 is 0 Å². The van der Waals surface area contributed by atoms with Crippen molar-refractivity contribution in [2.45, 2.75) is 44.7 Å². The van der Waals surface area contributed by atoms with Crippen molar-refractivity contribution in [2.24, 2.45) is 0 Å². The summed E-state index contributed by atoms with van der Waals surface area (Å²) in [4.78, 5) is 87.0. The molecule has 8 amide bonds. The van der Waals surface area contributed by atoms with Gasteiger partial charge in [-0.2, -0.15) is 0 Å². The molecular weight excluding hydrogens is 957 g/mol. The summed E-state index contributed by atoms with van der Waals surface area (Å²) in [6, 6.07) is 0. The molecule has 24 heteroatoms. The zero-order valence-electron chi connectivity index (χ0n) is 43.7. The first-order chi connectivity index (χ1) is 34.3. The van der Waals surface area contributed by atoms with Crippen LogP contribution in [0.5, 0.6) is 0 Å². The summed E-state index contributed by atoms with van der Waals surface area (Å²) in [5.74, 6) is -1.76. The largest absolute Gasteiger partial charge is 0.396 e. The lowest BCUT2D eigenvalue weighted by atomic mass is 9.96. The van der Waals surface area contributed by atoms with Crippen molar-refractivity contribution >= 4 is 47.3 Å². The van der Waals surface area contributed by atoms with E-state index < -0.39 is 31.3 Å². The van der Waals surface area contributed by atoms with Gasteiger partial charge in [0.2, 0.25) is 47.3 Å². The van der Waals surface area contributed by atoms with E-state index in [0.29, 0.717) is 45.8 Å². The van der Waals surface area contributed by atoms with E-state index in [4.69, 9.17) is 35.4 Å². The molecular formula is C49H86N8O16. The monoisotopic (exact) mass is 1040 g/mol. The fourth-order valence-corrected chi connectivity index (χ4v) is 3.84. The number of amides is 8. The Balaban J connectivity index is -0.000000137. The number of nitrogens with zero attached hydrogens (tertiary/aromatic N) is 2. The third-order valence-corrected chi connectivity index (χ3v) is 7.42. The lowest BCUT2D eigenvalue weighted by Gasteiger charge is -2.27. The van der Waals surface area contributed by atoms with Gasteiger partial charge in [0.1, 0.15) is 19.0 Å². The van der Waals surface area contributed by atoms with Crippen LogP contribution in [0.15, 0.2) is 113 Å². The van der Waals surface area contributed by atoms with Gasteiger partial charge in [0.05, 0.1) is 39.6 Å². The molecule has 0 aromatic carbocycles. The van der Waals surface area contributed by atoms with Crippen molar-refractivity contribution in [1.82, 2.24) is 41.7 Å². The van der Waals surface area contributed by atoms with Crippen LogP contribution in [0.2, 0.25) is 0 Å². The highest BCUT2D eigenvalue weighted by atomic mass is 16.5. The molecule has 0 saturated carbocycles. The molecule has 73 heavy (non-hydrogen) atoms. The molecule has 1 rings (SSSR count). The lowest BCUT2D eigenvalue weighted by molar-refractivity contribution is -0.130. The molecule has 1 fully saturated rings. The van der Waals surface area contributed by atoms with Gasteiger partial charge in [-0.3, -0.25) is 38.4 Å². The number of hydrogen-bond acceptors (Lipinski definition) is 16. The fourth-order valence-electron chi connectivity index (χ4n) is 3.84. The Bertz CT molecular complexity index is 1630. The second kappa shape index (κ2) is 56.0. The zero-order chi connectivity index (χ0) is 58.3. The summed E-state index contributed by atoms with van der Waals surface area (Å²) < 4.78 is 9.60. The Morgan fingerprint density at radius 2 is 1.01 bits per heavy atom. The molecule has 418 valence electrons. The minimum atomic E-state index is -1.36. The van der Waals surface area contributed by atoms with Gasteiger partial charge in [0, 0.05) is 59.5 Å². The predicted molar refractivity (Wildman–Crippen MR) is 282 cm³/mol. The van der Waals surface area contributed by atoms with Crippen LogP contribution in [0, 0.1) is 0 Å². The second-order valence-electron chi connectivity index (χ2n) is 14.6. The SMILES string of the molecule is C=CC(=O)N(C)C.C=CC(=O)N1CCOCC1.C=CC(=O)NC(C)(C)CC(=C)C.C=CC(=O)NC(CO)(CO)CO.C=CC(=O)NCCCO.C=CC(=O)NCCO.C=CC(=O)NCO.C=CC(=O)NCOC. The maximum absolute atomic E-state index is 11.0. The Hall–Kier alpha value is -6.90. The third-order valence-electron chi connectivity index (χ3n) is 7.42. The molecule has 24 nitrogen and oxygen atoms in total. The maximum atomic E-state index is 11.0. The van der Waals surface area contributed by atoms with E-state index in [0.717, 1.165) is 30.2 Å². The van der Waals surface area contributed by atoms with Crippen molar-refractivity contribution in [1.29, 1.82) is 0 Å². The topological polar surface area (TPSA) is 355 Å². The molecule has 0 aliphatic carbocycles. The lowest BCUT2D eigenvalue weighted by Crippen LogP contribution is -2.56. The van der Waals surface area contributed by atoms with E-state index in [1.54, 1.807) is 19.0 Å². The molecule has 0 aromatic heterocycles. The number of morpholine rings is 1. The molecule has 1 aliphatic heterocycles. The van der Waals surface area contributed by atoms with Gasteiger partial charge < -0.3 is 81.8 Å². The quantitative estimate of drug-likeness (QED) is 0.0238. The van der Waals surface area contributed by atoms with E-state index in [-0.39, 0.29) is 73.6 Å². The summed E-state index contributed by atoms with van der Waals surface area (Å²) >= 11 is 0. The number of carbonyl (C=O) groups is 8. The van der Waals surface area contributed by atoms with Crippen molar-refractivity contribution in [3.63, 3.8) is 0 Å². The van der Waals surface area contributed by atoms with E-state index in [2.05, 4.69) is 95.8 Å². The standard InChI is InChI=1S/C10H17NO.C7H13NO4.C7H11NO2.C6H11NO2.2C5H9NO2.C5H9NO.C4H7NO2/c1-6-9(12)11-10(4,5)7-8(2)3;1-2-6(12)8-7(3-9,4-10)5-11;1-2-7(9)8-3-5-10-6-4-8;1-2-6(9)7-4-3-5-8;1-3-5(7)6-4-8-2;1-2-5(8)6-3-4-7;1-4-5(7)6(2)3;1-2-4(7)5-3-6/h6H,1-2,7H2,3-5H3,(H,11,12);2,9-11H,1,3-5H2,(H,8,12);2H,1,3-6H2;2,8H,1,3-5H2,(H,7,9);3H,1,4H2,2H3,(H,6,7);2,7H,1,3-4H2,(H,6,8);4H,1H2,2-3H3;2,6H,1,3H2,(H,5,7). The first-order valence-corrected chi connectivity index (χ1v) is 21.9. The predicted octanol–water partition coefficient (Wildman–Crippen LogP) is -1.59. The van der Waals surface area contributed by atoms with Gasteiger partial charge in [-0.15, -0.1) is 6.58 Å². The van der Waals surface area contributed by atoms with Gasteiger partial charge in [-0.1, -0.05) is 58.2 Å². The molecule has 1 heterocycles. The molecule has 1 saturated heterocycles. The Labute approximate surface area is 431 Å². The van der Waals surface area contributed by atoms with Gasteiger partial charge in [0.15, 0.2) is 0 Å². The van der Waals surface area contributed by atoms with Gasteiger partial charge in [0.25, 0.3) is 0 Å². The number of carbonyl (C=O) groups excluding carboxylic acids is 8. The zero-order valence-corrected chi connectivity index (χ0v) is 43.7. The smallest absolute Gasteiger partial charge is 0.246 e. The van der Waals surface area contributed by atoms with Crippen molar-refractivity contribution < 1.29 is 78.5 Å². The Morgan fingerprint density at radius 3 is 1.32 bits per heavy atom. The molecule has 1 aliphatic rings. The minimum Gasteiger partial charge on any atom is -0.396 e. The highest BCUT2D eigenvalue weighted by molar-refractivity contribution is 5.89. The highest BCUT2D eigenvalue weighted by Gasteiger charge is 2.28. The molecule has 12 N–H and O–H groups in total. The number of aliphatic hydroxyl groups excluding tert-OH is 6. The van der Waals surface area contributed by atoms with E-state index >= 15 is 0 Å². The number of methoxy groups -OCH3 is 1. The van der Waals surface area contributed by atoms with Crippen LogP contribution in [0.25, 0.3) is 0 Å². The molecule has 0 bridgehead atoms. The third kappa shape index (κ3) is 61.2. The van der Waals surface area contributed by atoms with Crippen LogP contribution < -0.4 is 31.9 Å². The van der Waals surface area contributed by atoms with E-state index in [1.165, 1.54) is 42.4 Å². The Kier molecular flexibility index (Phi) is 61.5. The van der Waals surface area contributed by atoms with Crippen molar-refractivity contribution in [2.75, 3.05) is 107 Å². The van der Waals surface area contributed by atoms with Crippen molar-refractivity contribution in [3.8, 4) is 0 Å². The van der Waals surface area contributed by atoms with Crippen molar-refractivity contribution in [3.05, 3.63) is 113 Å². The molecule has 0 aromatic rings. The van der Waals surface area contributed by atoms with Crippen LogP contribution in [-0.2, 0) is 47.8 Å². The fraction of sp³-hybridized carbons (Fsp3) is 0.469. The first-order valence-electron chi connectivity index (χ1n) is 21.9. The first kappa shape index (κ1) is 80.2. The summed E-state index contributed by atoms with van der Waals surface area (Å²) in [7, 11) is 4.87. The maximum Gasteiger partial charge on any atom is 0.246 e. The number of likely N-dealkylation sites (N-methyl/N-ethyl adjacent to an activating group) is 1. The van der Waals surface area contributed by atoms with Crippen LogP contribution in [0.4, 0.5) is 0 Å². The van der Waals surface area contributed by atoms with E-state index in [9.17, 15) is 38.4 Å². The number of aliphatic hydroxyl groups is 6. The molecule has 0 spiro atoms. The number of nitrogens with one attached hydrogen (secondary N) is 6. The minimum absolute atomic E-state index is 0.00306.